The van der Waals surface area contributed by atoms with E-state index >= 15 is 0 Å². The van der Waals surface area contributed by atoms with Crippen molar-refractivity contribution in [2.24, 2.45) is 0 Å². The molecule has 0 aromatic heterocycles. The molecule has 0 aliphatic rings. The van der Waals surface area contributed by atoms with Crippen LogP contribution in [0.4, 0.5) is 10.1 Å². The zero-order valence-corrected chi connectivity index (χ0v) is 21.6. The predicted octanol–water partition coefficient (Wildman–Crippen LogP) is 4.08. The van der Waals surface area contributed by atoms with Gasteiger partial charge < -0.3 is 10.2 Å². The van der Waals surface area contributed by atoms with Crippen molar-refractivity contribution in [1.29, 1.82) is 0 Å². The van der Waals surface area contributed by atoms with Gasteiger partial charge in [0.2, 0.25) is 21.8 Å². The molecule has 0 saturated heterocycles. The first-order valence-electron chi connectivity index (χ1n) is 11.9. The van der Waals surface area contributed by atoms with Gasteiger partial charge in [-0.3, -0.25) is 13.9 Å². The molecule has 0 aliphatic heterocycles. The summed E-state index contributed by atoms with van der Waals surface area (Å²) in [5, 5.41) is 4.36. The Kier molecular flexibility index (Phi) is 9.03. The van der Waals surface area contributed by atoms with Crippen molar-refractivity contribution in [1.82, 2.24) is 10.2 Å². The first-order chi connectivity index (χ1) is 17.2. The molecule has 1 N–H and O–H groups in total. The zero-order valence-electron chi connectivity index (χ0n) is 20.8. The maximum Gasteiger partial charge on any atom is 0.244 e. The summed E-state index contributed by atoms with van der Waals surface area (Å²) in [6.45, 7) is 3.73. The van der Waals surface area contributed by atoms with Gasteiger partial charge in [-0.25, -0.2) is 12.8 Å². The number of anilines is 1. The number of benzene rings is 3. The summed E-state index contributed by atoms with van der Waals surface area (Å²) in [5.74, 6) is -1.26. The molecule has 2 amide bonds. The van der Waals surface area contributed by atoms with E-state index in [9.17, 15) is 22.4 Å². The Hall–Kier alpha value is -3.46. The molecule has 0 fully saturated rings. The number of fused-ring (bicyclic) bond motifs is 1. The predicted molar refractivity (Wildman–Crippen MR) is 140 cm³/mol. The second kappa shape index (κ2) is 12.0. The normalized spacial score (nSPS) is 12.2. The van der Waals surface area contributed by atoms with Crippen LogP contribution in [0.2, 0.25) is 0 Å². The summed E-state index contributed by atoms with van der Waals surface area (Å²) < 4.78 is 40.3. The van der Waals surface area contributed by atoms with Crippen LogP contribution in [0.5, 0.6) is 0 Å². The number of rotatable bonds is 11. The fourth-order valence-electron chi connectivity index (χ4n) is 4.09. The van der Waals surface area contributed by atoms with Crippen molar-refractivity contribution in [3.63, 3.8) is 0 Å². The van der Waals surface area contributed by atoms with Gasteiger partial charge in [0.15, 0.2) is 0 Å². The number of sulfonamides is 1. The summed E-state index contributed by atoms with van der Waals surface area (Å²) in [6.07, 6.45) is 2.12. The van der Waals surface area contributed by atoms with Crippen molar-refractivity contribution in [2.45, 2.75) is 39.3 Å². The van der Waals surface area contributed by atoms with Crippen molar-refractivity contribution in [2.75, 3.05) is 23.7 Å². The Labute approximate surface area is 212 Å². The SMILES string of the molecule is CCCNC(=O)C(CC)N(Cc1ccc(F)cc1)C(=O)CN(c1cccc2ccccc12)S(C)(=O)=O. The van der Waals surface area contributed by atoms with Crippen LogP contribution in [0.3, 0.4) is 0 Å². The summed E-state index contributed by atoms with van der Waals surface area (Å²) >= 11 is 0. The van der Waals surface area contributed by atoms with E-state index in [0.29, 0.717) is 29.6 Å². The van der Waals surface area contributed by atoms with Crippen LogP contribution >= 0.6 is 0 Å². The fourth-order valence-corrected chi connectivity index (χ4v) is 4.95. The van der Waals surface area contributed by atoms with Crippen LogP contribution in [0, 0.1) is 5.82 Å². The molecule has 0 bridgehead atoms. The van der Waals surface area contributed by atoms with Crippen LogP contribution in [0.25, 0.3) is 10.8 Å². The molecular weight excluding hydrogens is 481 g/mol. The number of nitrogens with one attached hydrogen (secondary N) is 1. The molecule has 0 heterocycles. The average molecular weight is 514 g/mol. The molecule has 3 aromatic rings. The number of hydrogen-bond donors (Lipinski definition) is 1. The minimum absolute atomic E-state index is 0.0320. The van der Waals surface area contributed by atoms with Crippen molar-refractivity contribution < 1.29 is 22.4 Å². The molecule has 1 unspecified atom stereocenters. The molecule has 3 aromatic carbocycles. The number of amides is 2. The highest BCUT2D eigenvalue weighted by molar-refractivity contribution is 7.92. The topological polar surface area (TPSA) is 86.8 Å². The summed E-state index contributed by atoms with van der Waals surface area (Å²) in [5.41, 5.74) is 1.01. The molecular formula is C27H32FN3O4S. The smallest absolute Gasteiger partial charge is 0.244 e. The zero-order chi connectivity index (χ0) is 26.3. The lowest BCUT2D eigenvalue weighted by Crippen LogP contribution is -2.52. The van der Waals surface area contributed by atoms with E-state index in [1.54, 1.807) is 43.3 Å². The minimum atomic E-state index is -3.85. The highest BCUT2D eigenvalue weighted by Crippen LogP contribution is 2.28. The molecule has 36 heavy (non-hydrogen) atoms. The van der Waals surface area contributed by atoms with E-state index in [0.717, 1.165) is 22.4 Å². The molecule has 1 atom stereocenters. The average Bonchev–Trinajstić information content (AvgIpc) is 2.86. The molecule has 0 radical (unpaired) electrons. The van der Waals surface area contributed by atoms with Gasteiger partial charge in [0.25, 0.3) is 0 Å². The van der Waals surface area contributed by atoms with Gasteiger partial charge >= 0.3 is 0 Å². The lowest BCUT2D eigenvalue weighted by atomic mass is 10.1. The second-order valence-corrected chi connectivity index (χ2v) is 10.5. The van der Waals surface area contributed by atoms with Crippen molar-refractivity contribution in [3.05, 3.63) is 78.1 Å². The van der Waals surface area contributed by atoms with Crippen LogP contribution < -0.4 is 9.62 Å². The van der Waals surface area contributed by atoms with Crippen molar-refractivity contribution >= 4 is 38.3 Å². The monoisotopic (exact) mass is 513 g/mol. The third kappa shape index (κ3) is 6.60. The Morgan fingerprint density at radius 3 is 2.28 bits per heavy atom. The third-order valence-electron chi connectivity index (χ3n) is 5.92. The van der Waals surface area contributed by atoms with Gasteiger partial charge in [-0.15, -0.1) is 0 Å². The lowest BCUT2D eigenvalue weighted by Gasteiger charge is -2.33. The maximum absolute atomic E-state index is 13.7. The van der Waals surface area contributed by atoms with E-state index in [4.69, 9.17) is 0 Å². The van der Waals surface area contributed by atoms with Gasteiger partial charge in [-0.05, 0) is 42.0 Å². The largest absolute Gasteiger partial charge is 0.354 e. The number of nitrogens with zero attached hydrogens (tertiary/aromatic N) is 2. The van der Waals surface area contributed by atoms with Crippen LogP contribution in [0.15, 0.2) is 66.7 Å². The van der Waals surface area contributed by atoms with Crippen LogP contribution in [-0.4, -0.2) is 50.5 Å². The molecule has 192 valence electrons. The summed E-state index contributed by atoms with van der Waals surface area (Å²) in [6, 6.07) is 17.4. The van der Waals surface area contributed by atoms with Crippen LogP contribution in [-0.2, 0) is 26.2 Å². The molecule has 7 nitrogen and oxygen atoms in total. The van der Waals surface area contributed by atoms with Gasteiger partial charge in [0.1, 0.15) is 18.4 Å². The Balaban J connectivity index is 2.00. The van der Waals surface area contributed by atoms with Gasteiger partial charge in [0, 0.05) is 18.5 Å². The van der Waals surface area contributed by atoms with E-state index in [-0.39, 0.29) is 12.5 Å². The lowest BCUT2D eigenvalue weighted by molar-refractivity contribution is -0.140. The van der Waals surface area contributed by atoms with E-state index in [2.05, 4.69) is 5.32 Å². The standard InChI is InChI=1S/C27H32FN3O4S/c1-4-17-29-27(33)24(5-2)30(18-20-13-15-22(28)16-14-20)26(32)19-31(36(3,34)35)25-12-8-10-21-9-6-7-11-23(21)25/h6-16,24H,4-5,17-19H2,1-3H3,(H,29,33). The first-order valence-corrected chi connectivity index (χ1v) is 13.8. The number of carbonyl (C=O) groups is 2. The van der Waals surface area contributed by atoms with Crippen molar-refractivity contribution in [3.8, 4) is 0 Å². The molecule has 0 aliphatic carbocycles. The number of carbonyl (C=O) groups excluding carboxylic acids is 2. The highest BCUT2D eigenvalue weighted by atomic mass is 32.2. The minimum Gasteiger partial charge on any atom is -0.354 e. The van der Waals surface area contributed by atoms with E-state index < -0.39 is 34.3 Å². The van der Waals surface area contributed by atoms with E-state index in [1.165, 1.54) is 17.0 Å². The van der Waals surface area contributed by atoms with Gasteiger partial charge in [0.05, 0.1) is 11.9 Å². The van der Waals surface area contributed by atoms with Crippen LogP contribution in [0.1, 0.15) is 32.3 Å². The summed E-state index contributed by atoms with van der Waals surface area (Å²) in [4.78, 5) is 28.1. The Morgan fingerprint density at radius 2 is 1.64 bits per heavy atom. The third-order valence-corrected chi connectivity index (χ3v) is 7.04. The fraction of sp³-hybridized carbons (Fsp3) is 0.333. The molecule has 0 spiro atoms. The molecule has 3 rings (SSSR count). The second-order valence-electron chi connectivity index (χ2n) is 8.63. The van der Waals surface area contributed by atoms with Gasteiger partial charge in [-0.1, -0.05) is 62.4 Å². The first kappa shape index (κ1) is 27.1. The Morgan fingerprint density at radius 1 is 0.972 bits per heavy atom. The molecule has 0 saturated carbocycles. The number of hydrogen-bond acceptors (Lipinski definition) is 4. The number of halogens is 1. The highest BCUT2D eigenvalue weighted by Gasteiger charge is 2.32. The molecule has 9 heteroatoms. The maximum atomic E-state index is 13.7. The summed E-state index contributed by atoms with van der Waals surface area (Å²) in [7, 11) is -3.85. The quantitative estimate of drug-likeness (QED) is 0.419. The van der Waals surface area contributed by atoms with Gasteiger partial charge in [-0.2, -0.15) is 0 Å². The van der Waals surface area contributed by atoms with E-state index in [1.807, 2.05) is 25.1 Å². The Bertz CT molecular complexity index is 1310.